The molecule has 2 atom stereocenters. The number of amides is 1. The molecule has 0 saturated carbocycles. The molecule has 8 heteroatoms. The Balaban J connectivity index is 1.70. The van der Waals surface area contributed by atoms with E-state index in [1.807, 2.05) is 31.2 Å². The minimum atomic E-state index is -1.15. The number of aliphatic hydroxyl groups excluding tert-OH is 1. The lowest BCUT2D eigenvalue weighted by molar-refractivity contribution is -0.133. The van der Waals surface area contributed by atoms with Crippen molar-refractivity contribution in [2.24, 2.45) is 5.73 Å². The van der Waals surface area contributed by atoms with E-state index in [-0.39, 0.29) is 49.8 Å². The Morgan fingerprint density at radius 3 is 2.37 bits per heavy atom. The minimum absolute atomic E-state index is 0.0280. The number of ketones is 1. The molecule has 0 spiro atoms. The first-order valence-electron chi connectivity index (χ1n) is 11.6. The van der Waals surface area contributed by atoms with Crippen molar-refractivity contribution in [1.29, 1.82) is 0 Å². The summed E-state index contributed by atoms with van der Waals surface area (Å²) in [5, 5.41) is 10.8. The van der Waals surface area contributed by atoms with Crippen molar-refractivity contribution < 1.29 is 27.9 Å². The van der Waals surface area contributed by atoms with Gasteiger partial charge in [-0.3, -0.25) is 9.59 Å². The second-order valence-electron chi connectivity index (χ2n) is 8.56. The van der Waals surface area contributed by atoms with Gasteiger partial charge in [0.2, 0.25) is 5.91 Å². The number of carbonyl (C=O) groups excluding carboxylic acids is 2. The molecule has 35 heavy (non-hydrogen) atoms. The maximum atomic E-state index is 13.5. The molecule has 0 aliphatic rings. The van der Waals surface area contributed by atoms with Gasteiger partial charge in [-0.2, -0.15) is 0 Å². The maximum Gasteiger partial charge on any atom is 0.223 e. The van der Waals surface area contributed by atoms with Gasteiger partial charge in [-0.15, -0.1) is 0 Å². The summed E-state index contributed by atoms with van der Waals surface area (Å²) < 4.78 is 32.1. The summed E-state index contributed by atoms with van der Waals surface area (Å²) >= 11 is 0. The summed E-state index contributed by atoms with van der Waals surface area (Å²) in [6.07, 6.45) is 0.995. The predicted octanol–water partition coefficient (Wildman–Crippen LogP) is 4.04. The van der Waals surface area contributed by atoms with E-state index < -0.39 is 23.8 Å². The Kier molecular flexibility index (Phi) is 9.28. The van der Waals surface area contributed by atoms with Crippen LogP contribution in [0.15, 0.2) is 65.3 Å². The molecule has 6 nitrogen and oxygen atoms in total. The van der Waals surface area contributed by atoms with Crippen molar-refractivity contribution in [3.05, 3.63) is 94.9 Å². The van der Waals surface area contributed by atoms with Gasteiger partial charge in [-0.05, 0) is 53.8 Å². The van der Waals surface area contributed by atoms with Gasteiger partial charge in [0.1, 0.15) is 11.6 Å². The van der Waals surface area contributed by atoms with Crippen LogP contribution in [0, 0.1) is 11.6 Å². The number of hydrogen-bond donors (Lipinski definition) is 2. The van der Waals surface area contributed by atoms with Gasteiger partial charge in [0, 0.05) is 38.0 Å². The van der Waals surface area contributed by atoms with Gasteiger partial charge >= 0.3 is 0 Å². The van der Waals surface area contributed by atoms with E-state index in [1.54, 1.807) is 12.1 Å². The van der Waals surface area contributed by atoms with Crippen LogP contribution in [0.25, 0.3) is 0 Å². The van der Waals surface area contributed by atoms with Gasteiger partial charge in [-0.25, -0.2) is 8.78 Å². The summed E-state index contributed by atoms with van der Waals surface area (Å²) in [4.78, 5) is 26.8. The summed E-state index contributed by atoms with van der Waals surface area (Å²) in [5.74, 6) is -1.88. The maximum absolute atomic E-state index is 13.5. The van der Waals surface area contributed by atoms with Crippen molar-refractivity contribution in [2.75, 3.05) is 6.54 Å². The van der Waals surface area contributed by atoms with E-state index in [9.17, 15) is 23.5 Å². The summed E-state index contributed by atoms with van der Waals surface area (Å²) in [7, 11) is 0. The second-order valence-corrected chi connectivity index (χ2v) is 8.56. The molecule has 1 aromatic heterocycles. The first-order chi connectivity index (χ1) is 16.7. The van der Waals surface area contributed by atoms with Crippen molar-refractivity contribution >= 4 is 11.7 Å². The molecule has 2 aromatic carbocycles. The first kappa shape index (κ1) is 26.2. The number of hydrogen-bond acceptors (Lipinski definition) is 5. The van der Waals surface area contributed by atoms with Crippen LogP contribution in [-0.2, 0) is 24.2 Å². The standard InChI is InChI=1S/C27H30F2N2O4/c1-2-18-5-3-6-19(11-18)16-31(27(34)9-8-24(32)26-7-4-10-35-26)17-25(33)23(30)14-20-12-21(28)15-22(29)13-20/h3-7,10-13,15,23,25,33H,2,8-9,14,16-17,30H2,1H3/t23-,25+/m0/s1. The normalized spacial score (nSPS) is 12.8. The monoisotopic (exact) mass is 484 g/mol. The van der Waals surface area contributed by atoms with Gasteiger partial charge in [0.05, 0.1) is 12.4 Å². The molecular formula is C27H30F2N2O4. The van der Waals surface area contributed by atoms with Crippen molar-refractivity contribution in [1.82, 2.24) is 4.90 Å². The third-order valence-corrected chi connectivity index (χ3v) is 5.78. The number of Topliss-reactive ketones (excluding diaryl/α,β-unsaturated/α-hetero) is 1. The molecule has 1 amide bonds. The number of aliphatic hydroxyl groups is 1. The zero-order chi connectivity index (χ0) is 25.4. The van der Waals surface area contributed by atoms with E-state index in [2.05, 4.69) is 0 Å². The average molecular weight is 485 g/mol. The van der Waals surface area contributed by atoms with Gasteiger partial charge in [0.25, 0.3) is 0 Å². The molecule has 0 bridgehead atoms. The smallest absolute Gasteiger partial charge is 0.223 e. The van der Waals surface area contributed by atoms with Crippen LogP contribution in [0.3, 0.4) is 0 Å². The SMILES string of the molecule is CCc1cccc(CN(C[C@@H](O)[C@@H](N)Cc2cc(F)cc(F)c2)C(=O)CCC(=O)c2ccco2)c1. The largest absolute Gasteiger partial charge is 0.461 e. The number of carbonyl (C=O) groups is 2. The zero-order valence-electron chi connectivity index (χ0n) is 19.6. The number of halogens is 2. The lowest BCUT2D eigenvalue weighted by Crippen LogP contribution is -2.46. The van der Waals surface area contributed by atoms with Crippen LogP contribution in [-0.4, -0.2) is 40.4 Å². The third-order valence-electron chi connectivity index (χ3n) is 5.78. The highest BCUT2D eigenvalue weighted by atomic mass is 19.1. The van der Waals surface area contributed by atoms with Crippen molar-refractivity contribution in [3.63, 3.8) is 0 Å². The van der Waals surface area contributed by atoms with E-state index in [0.717, 1.165) is 35.7 Å². The average Bonchev–Trinajstić information content (AvgIpc) is 3.36. The Labute approximate surface area is 203 Å². The topological polar surface area (TPSA) is 96.8 Å². The molecule has 3 N–H and O–H groups in total. The Hall–Kier alpha value is -3.36. The van der Waals surface area contributed by atoms with E-state index >= 15 is 0 Å². The minimum Gasteiger partial charge on any atom is -0.461 e. The molecule has 0 unspecified atom stereocenters. The molecule has 186 valence electrons. The van der Waals surface area contributed by atoms with E-state index in [4.69, 9.17) is 10.2 Å². The zero-order valence-corrected chi connectivity index (χ0v) is 19.6. The molecule has 0 aliphatic heterocycles. The lowest BCUT2D eigenvalue weighted by atomic mass is 10.0. The number of furan rings is 1. The number of nitrogens with zero attached hydrogens (tertiary/aromatic N) is 1. The number of rotatable bonds is 12. The molecule has 0 radical (unpaired) electrons. The molecular weight excluding hydrogens is 454 g/mol. The van der Waals surface area contributed by atoms with Crippen LogP contribution in [0.2, 0.25) is 0 Å². The van der Waals surface area contributed by atoms with Crippen LogP contribution in [0.1, 0.15) is 47.0 Å². The third kappa shape index (κ3) is 7.83. The number of nitrogens with two attached hydrogens (primary N) is 1. The Bertz CT molecular complexity index is 1110. The van der Waals surface area contributed by atoms with Crippen molar-refractivity contribution in [3.8, 4) is 0 Å². The van der Waals surface area contributed by atoms with Gasteiger partial charge < -0.3 is 20.2 Å². The fraction of sp³-hybridized carbons (Fsp3) is 0.333. The molecule has 0 aliphatic carbocycles. The van der Waals surface area contributed by atoms with Crippen LogP contribution >= 0.6 is 0 Å². The number of aryl methyl sites for hydroxylation is 1. The highest BCUT2D eigenvalue weighted by Gasteiger charge is 2.24. The Morgan fingerprint density at radius 2 is 1.71 bits per heavy atom. The summed E-state index contributed by atoms with van der Waals surface area (Å²) in [6, 6.07) is 13.1. The fourth-order valence-corrected chi connectivity index (χ4v) is 3.86. The summed E-state index contributed by atoms with van der Waals surface area (Å²) in [6.45, 7) is 2.16. The van der Waals surface area contributed by atoms with Crippen molar-refractivity contribution in [2.45, 2.75) is 51.3 Å². The van der Waals surface area contributed by atoms with Crippen LogP contribution in [0.5, 0.6) is 0 Å². The molecule has 0 saturated heterocycles. The van der Waals surface area contributed by atoms with Gasteiger partial charge in [-0.1, -0.05) is 31.2 Å². The first-order valence-corrected chi connectivity index (χ1v) is 11.6. The molecule has 0 fully saturated rings. The summed E-state index contributed by atoms with van der Waals surface area (Å²) in [5.41, 5.74) is 8.42. The van der Waals surface area contributed by atoms with Crippen LogP contribution in [0.4, 0.5) is 8.78 Å². The lowest BCUT2D eigenvalue weighted by Gasteiger charge is -2.28. The van der Waals surface area contributed by atoms with E-state index in [0.29, 0.717) is 5.56 Å². The quantitative estimate of drug-likeness (QED) is 0.378. The second kappa shape index (κ2) is 12.4. The van der Waals surface area contributed by atoms with Crippen LogP contribution < -0.4 is 5.73 Å². The molecule has 3 aromatic rings. The Morgan fingerprint density at radius 1 is 1.00 bits per heavy atom. The molecule has 3 rings (SSSR count). The molecule has 1 heterocycles. The van der Waals surface area contributed by atoms with E-state index in [1.165, 1.54) is 11.2 Å². The number of benzene rings is 2. The fourth-order valence-electron chi connectivity index (χ4n) is 3.86. The van der Waals surface area contributed by atoms with Gasteiger partial charge in [0.15, 0.2) is 11.5 Å². The highest BCUT2D eigenvalue weighted by molar-refractivity contribution is 5.95. The predicted molar refractivity (Wildman–Crippen MR) is 128 cm³/mol. The highest BCUT2D eigenvalue weighted by Crippen LogP contribution is 2.15.